The van der Waals surface area contributed by atoms with Crippen LogP contribution in [0.2, 0.25) is 29.6 Å². The first kappa shape index (κ1) is 41.2. The predicted octanol–water partition coefficient (Wildman–Crippen LogP) is 13.6. The van der Waals surface area contributed by atoms with E-state index >= 15 is 0 Å². The van der Waals surface area contributed by atoms with Crippen molar-refractivity contribution in [1.29, 1.82) is 0 Å². The summed E-state index contributed by atoms with van der Waals surface area (Å²) in [5.41, 5.74) is 3.47. The summed E-state index contributed by atoms with van der Waals surface area (Å²) in [5.74, 6) is 0. The molecule has 0 nitrogen and oxygen atoms in total. The van der Waals surface area contributed by atoms with E-state index in [2.05, 4.69) is 78.3 Å². The topological polar surface area (TPSA) is 0 Å². The van der Waals surface area contributed by atoms with Crippen molar-refractivity contribution < 1.29 is 0 Å². The minimum absolute atomic E-state index is 1.28. The quantitative estimate of drug-likeness (QED) is 0.0620. The van der Waals surface area contributed by atoms with Crippen molar-refractivity contribution in [2.45, 2.75) is 198 Å². The van der Waals surface area contributed by atoms with Crippen LogP contribution >= 0.6 is 22.7 Å². The van der Waals surface area contributed by atoms with Crippen LogP contribution in [0, 0.1) is 0 Å². The number of unbranched alkanes of at least 4 members (excludes halogenated alkanes) is 18. The fourth-order valence-corrected chi connectivity index (χ4v) is 19.7. The number of rotatable bonds is 27. The zero-order valence-corrected chi connectivity index (χ0v) is 38.3. The zero-order chi connectivity index (χ0) is 32.3. The van der Waals surface area contributed by atoms with E-state index in [4.69, 9.17) is 0 Å². The molecule has 0 aliphatic rings. The second-order valence-electron chi connectivity index (χ2n) is 16.0. The molecular weight excluding hydrogens is 782 g/mol. The van der Waals surface area contributed by atoms with Gasteiger partial charge in [0.2, 0.25) is 0 Å². The first-order valence-corrected chi connectivity index (χ1v) is 40.9. The standard InChI is InChI=1S/C34H56S2.6CH3.2Sn/c1-3-5-7-9-11-13-15-17-19-21-23-31-27-29-35-33(31)25-26-34-32(28-30-36-34)24-22-20-18-16-14-12-10-8-6-4-2;;;;;;;;/h27-28H,3-26H2,1-2H3;6*1H3;;. The van der Waals surface area contributed by atoms with Crippen LogP contribution in [0.1, 0.15) is 163 Å². The SMILES string of the molecule is CCCCCCCCCCCCc1c[c]([Sn]([CH3])([CH3])[CH3])sc1CCc1s[c]([Sn]([CH3])([CH3])[CH3])cc1CCCCCCCCCCCC. The first-order valence-electron chi connectivity index (χ1n) is 19.3. The summed E-state index contributed by atoms with van der Waals surface area (Å²) < 4.78 is 3.61. The Morgan fingerprint density at radius 1 is 0.386 bits per heavy atom. The van der Waals surface area contributed by atoms with Crippen molar-refractivity contribution in [2.24, 2.45) is 0 Å². The van der Waals surface area contributed by atoms with E-state index in [-0.39, 0.29) is 0 Å². The van der Waals surface area contributed by atoms with Crippen LogP contribution in [0.4, 0.5) is 0 Å². The van der Waals surface area contributed by atoms with Crippen molar-refractivity contribution >= 4 is 65.2 Å². The van der Waals surface area contributed by atoms with E-state index in [0.29, 0.717) is 0 Å². The van der Waals surface area contributed by atoms with Gasteiger partial charge in [-0.15, -0.1) is 0 Å². The molecule has 254 valence electrons. The van der Waals surface area contributed by atoms with Crippen LogP contribution < -0.4 is 5.79 Å². The average molecular weight is 857 g/mol. The molecule has 2 aromatic rings. The molecule has 0 bridgehead atoms. The van der Waals surface area contributed by atoms with Crippen molar-refractivity contribution in [3.05, 3.63) is 33.0 Å². The molecule has 0 unspecified atom stereocenters. The van der Waals surface area contributed by atoms with Crippen molar-refractivity contribution in [1.82, 2.24) is 0 Å². The van der Waals surface area contributed by atoms with E-state index in [0.717, 1.165) is 0 Å². The van der Waals surface area contributed by atoms with Crippen molar-refractivity contribution in [2.75, 3.05) is 0 Å². The third-order valence-corrected chi connectivity index (χ3v) is 30.8. The predicted molar refractivity (Wildman–Crippen MR) is 213 cm³/mol. The molecule has 0 N–H and O–H groups in total. The van der Waals surface area contributed by atoms with Gasteiger partial charge in [0.1, 0.15) is 0 Å². The maximum absolute atomic E-state index is 2.69. The third-order valence-electron chi connectivity index (χ3n) is 9.45. The van der Waals surface area contributed by atoms with Gasteiger partial charge in [-0.05, 0) is 0 Å². The molecule has 0 saturated carbocycles. The van der Waals surface area contributed by atoms with E-state index < -0.39 is 36.8 Å². The van der Waals surface area contributed by atoms with Crippen LogP contribution in [0.25, 0.3) is 0 Å². The number of hydrogen-bond acceptors (Lipinski definition) is 2. The number of hydrogen-bond donors (Lipinski definition) is 0. The summed E-state index contributed by atoms with van der Waals surface area (Å²) in [7, 11) is 0. The molecule has 0 amide bonds. The molecular formula is C40H74S2Sn2. The van der Waals surface area contributed by atoms with Gasteiger partial charge in [-0.3, -0.25) is 0 Å². The summed E-state index contributed by atoms with van der Waals surface area (Å²) in [6.45, 7) is 4.63. The second-order valence-corrected chi connectivity index (χ2v) is 49.1. The van der Waals surface area contributed by atoms with E-state index in [1.165, 1.54) is 154 Å². The summed E-state index contributed by atoms with van der Waals surface area (Å²) >= 11 is 0.347. The number of aryl methyl sites for hydroxylation is 4. The third kappa shape index (κ3) is 17.4. The Balaban J connectivity index is 1.90. The Hall–Kier alpha value is 0.997. The molecule has 4 heteroatoms. The fraction of sp³-hybridized carbons (Fsp3) is 0.800. The fourth-order valence-electron chi connectivity index (χ4n) is 6.35. The van der Waals surface area contributed by atoms with Crippen LogP contribution in [0.5, 0.6) is 0 Å². The minimum atomic E-state index is -2.06. The number of thiophene rings is 2. The summed E-state index contributed by atoms with van der Waals surface area (Å²) in [6, 6.07) is 5.39. The molecule has 2 aromatic heterocycles. The Bertz CT molecular complexity index is 908. The van der Waals surface area contributed by atoms with Crippen molar-refractivity contribution in [3.63, 3.8) is 0 Å². The van der Waals surface area contributed by atoms with Crippen LogP contribution in [-0.4, -0.2) is 36.8 Å². The van der Waals surface area contributed by atoms with Gasteiger partial charge < -0.3 is 0 Å². The van der Waals surface area contributed by atoms with Crippen LogP contribution in [0.3, 0.4) is 0 Å². The Labute approximate surface area is 293 Å². The summed E-state index contributed by atoms with van der Waals surface area (Å²) in [4.78, 5) is 19.2. The van der Waals surface area contributed by atoms with Gasteiger partial charge >= 0.3 is 256 Å². The van der Waals surface area contributed by atoms with Crippen LogP contribution in [0.15, 0.2) is 12.1 Å². The Morgan fingerprint density at radius 3 is 0.932 bits per heavy atom. The first-order chi connectivity index (χ1) is 21.1. The molecule has 0 atom stereocenters. The zero-order valence-electron chi connectivity index (χ0n) is 30.9. The van der Waals surface area contributed by atoms with Gasteiger partial charge in [-0.1, -0.05) is 39.5 Å². The normalized spacial score (nSPS) is 12.5. The van der Waals surface area contributed by atoms with Gasteiger partial charge in [-0.2, -0.15) is 0 Å². The molecule has 0 radical (unpaired) electrons. The Morgan fingerprint density at radius 2 is 0.659 bits per heavy atom. The average Bonchev–Trinajstić information content (AvgIpc) is 3.58. The Kier molecular flexibility index (Phi) is 21.9. The molecule has 2 heterocycles. The molecule has 0 saturated heterocycles. The minimum Gasteiger partial charge on any atom is -0.0654 e. The second kappa shape index (κ2) is 23.4. The monoisotopic (exact) mass is 858 g/mol. The van der Waals surface area contributed by atoms with Gasteiger partial charge in [0, 0.05) is 0 Å². The molecule has 0 fully saturated rings. The molecule has 0 aliphatic carbocycles. The molecule has 44 heavy (non-hydrogen) atoms. The summed E-state index contributed by atoms with van der Waals surface area (Å²) in [6.07, 6.45) is 33.9. The van der Waals surface area contributed by atoms with Crippen LogP contribution in [-0.2, 0) is 25.7 Å². The van der Waals surface area contributed by atoms with E-state index in [9.17, 15) is 0 Å². The molecule has 0 spiro atoms. The van der Waals surface area contributed by atoms with Gasteiger partial charge in [-0.25, -0.2) is 0 Å². The molecule has 0 aromatic carbocycles. The van der Waals surface area contributed by atoms with Gasteiger partial charge in [0.05, 0.1) is 0 Å². The summed E-state index contributed by atoms with van der Waals surface area (Å²) in [5, 5.41) is 0. The van der Waals surface area contributed by atoms with Crippen molar-refractivity contribution in [3.8, 4) is 0 Å². The van der Waals surface area contributed by atoms with E-state index in [1.54, 1.807) is 26.7 Å². The van der Waals surface area contributed by atoms with E-state index in [1.807, 2.05) is 0 Å². The van der Waals surface area contributed by atoms with Gasteiger partial charge in [0.25, 0.3) is 0 Å². The molecule has 0 aliphatic heterocycles. The smallest absolute Gasteiger partial charge is 0.0654 e. The van der Waals surface area contributed by atoms with Gasteiger partial charge in [0.15, 0.2) is 0 Å². The maximum atomic E-state index is 2.69. The molecule has 2 rings (SSSR count).